The Hall–Kier alpha value is -2.93. The summed E-state index contributed by atoms with van der Waals surface area (Å²) in [7, 11) is 0. The normalized spacial score (nSPS) is 18.3. The van der Waals surface area contributed by atoms with E-state index in [4.69, 9.17) is 5.73 Å². The largest absolute Gasteiger partial charge is 0.393 e. The molecule has 0 radical (unpaired) electrons. The number of rotatable bonds is 4. The third kappa shape index (κ3) is 4.31. The molecule has 0 bridgehead atoms. The molecule has 1 fully saturated rings. The average Bonchev–Trinajstić information content (AvgIpc) is 2.62. The van der Waals surface area contributed by atoms with Gasteiger partial charge in [-0.15, -0.1) is 0 Å². The van der Waals surface area contributed by atoms with E-state index in [1.54, 1.807) is 6.33 Å². The summed E-state index contributed by atoms with van der Waals surface area (Å²) < 4.78 is 0. The number of nitrogens with zero attached hydrogens (tertiary/aromatic N) is 3. The SMILES string of the molecule is Cc1ccc2c(Nc3ncnc(NC4CC(C)(C)NC(C)(C)C4)c3N)cccc2n1. The Balaban J connectivity index is 1.60. The minimum absolute atomic E-state index is 0.0381. The quantitative estimate of drug-likeness (QED) is 0.511. The van der Waals surface area contributed by atoms with Gasteiger partial charge in [-0.25, -0.2) is 9.97 Å². The second kappa shape index (κ2) is 7.40. The molecular formula is C23H31N7. The molecule has 0 atom stereocenters. The zero-order chi connectivity index (χ0) is 21.5. The molecule has 158 valence electrons. The van der Waals surface area contributed by atoms with Crippen molar-refractivity contribution in [2.24, 2.45) is 0 Å². The first-order valence-corrected chi connectivity index (χ1v) is 10.4. The molecule has 2 aromatic heterocycles. The maximum atomic E-state index is 6.47. The Morgan fingerprint density at radius 3 is 2.43 bits per heavy atom. The molecule has 7 nitrogen and oxygen atoms in total. The van der Waals surface area contributed by atoms with Crippen LogP contribution in [0.15, 0.2) is 36.7 Å². The smallest absolute Gasteiger partial charge is 0.159 e. The van der Waals surface area contributed by atoms with Gasteiger partial charge in [0, 0.05) is 33.9 Å². The summed E-state index contributed by atoms with van der Waals surface area (Å²) >= 11 is 0. The molecule has 0 aliphatic carbocycles. The molecule has 1 aliphatic heterocycles. The minimum Gasteiger partial charge on any atom is -0.393 e. The molecule has 0 amide bonds. The lowest BCUT2D eigenvalue weighted by Gasteiger charge is -2.46. The fourth-order valence-electron chi connectivity index (χ4n) is 4.72. The Morgan fingerprint density at radius 1 is 1.00 bits per heavy atom. The van der Waals surface area contributed by atoms with Gasteiger partial charge in [0.25, 0.3) is 0 Å². The molecule has 0 spiro atoms. The van der Waals surface area contributed by atoms with E-state index in [9.17, 15) is 0 Å². The molecule has 5 N–H and O–H groups in total. The van der Waals surface area contributed by atoms with Crippen molar-refractivity contribution in [3.05, 3.63) is 42.4 Å². The average molecular weight is 406 g/mol. The van der Waals surface area contributed by atoms with Crippen LogP contribution in [0.4, 0.5) is 23.0 Å². The summed E-state index contributed by atoms with van der Waals surface area (Å²) in [5.41, 5.74) is 9.90. The van der Waals surface area contributed by atoms with E-state index in [0.29, 0.717) is 17.3 Å². The van der Waals surface area contributed by atoms with Crippen LogP contribution in [0.1, 0.15) is 46.2 Å². The van der Waals surface area contributed by atoms with E-state index in [0.717, 1.165) is 35.1 Å². The highest BCUT2D eigenvalue weighted by molar-refractivity contribution is 5.94. The summed E-state index contributed by atoms with van der Waals surface area (Å²) in [5.74, 6) is 1.26. The van der Waals surface area contributed by atoms with Crippen LogP contribution in [0.2, 0.25) is 0 Å². The number of aromatic nitrogens is 3. The minimum atomic E-state index is 0.0381. The van der Waals surface area contributed by atoms with Crippen molar-refractivity contribution in [3.63, 3.8) is 0 Å². The Morgan fingerprint density at radius 2 is 1.70 bits per heavy atom. The van der Waals surface area contributed by atoms with Crippen LogP contribution in [0, 0.1) is 6.92 Å². The molecule has 3 aromatic rings. The van der Waals surface area contributed by atoms with Crippen molar-refractivity contribution in [1.82, 2.24) is 20.3 Å². The summed E-state index contributed by atoms with van der Waals surface area (Å²) in [6.07, 6.45) is 3.51. The van der Waals surface area contributed by atoms with E-state index in [1.807, 2.05) is 31.2 Å². The van der Waals surface area contributed by atoms with Crippen LogP contribution in [0.5, 0.6) is 0 Å². The van der Waals surface area contributed by atoms with E-state index < -0.39 is 0 Å². The highest BCUT2D eigenvalue weighted by Gasteiger charge is 2.37. The van der Waals surface area contributed by atoms with E-state index in [-0.39, 0.29) is 17.1 Å². The van der Waals surface area contributed by atoms with Crippen molar-refractivity contribution < 1.29 is 0 Å². The second-order valence-corrected chi connectivity index (χ2v) is 9.58. The summed E-state index contributed by atoms with van der Waals surface area (Å²) in [4.78, 5) is 13.4. The van der Waals surface area contributed by atoms with Gasteiger partial charge >= 0.3 is 0 Å². The molecule has 1 aromatic carbocycles. The highest BCUT2D eigenvalue weighted by atomic mass is 15.1. The zero-order valence-corrected chi connectivity index (χ0v) is 18.4. The topological polar surface area (TPSA) is 101 Å². The molecular weight excluding hydrogens is 374 g/mol. The molecule has 30 heavy (non-hydrogen) atoms. The number of nitrogens with two attached hydrogens (primary N) is 1. The van der Waals surface area contributed by atoms with Crippen LogP contribution < -0.4 is 21.7 Å². The molecule has 3 heterocycles. The molecule has 0 saturated carbocycles. The first kappa shape index (κ1) is 20.3. The third-order valence-corrected chi connectivity index (χ3v) is 5.54. The number of piperidine rings is 1. The molecule has 1 aliphatic rings. The van der Waals surface area contributed by atoms with Gasteiger partial charge in [-0.1, -0.05) is 6.07 Å². The summed E-state index contributed by atoms with van der Waals surface area (Å²) in [6.45, 7) is 10.9. The van der Waals surface area contributed by atoms with E-state index in [1.165, 1.54) is 0 Å². The number of nitrogen functional groups attached to an aromatic ring is 1. The summed E-state index contributed by atoms with van der Waals surface area (Å²) in [6, 6.07) is 10.3. The fraction of sp³-hybridized carbons (Fsp3) is 0.435. The lowest BCUT2D eigenvalue weighted by molar-refractivity contribution is 0.170. The lowest BCUT2D eigenvalue weighted by Crippen LogP contribution is -2.60. The monoisotopic (exact) mass is 405 g/mol. The number of hydrogen-bond acceptors (Lipinski definition) is 7. The molecule has 1 saturated heterocycles. The van der Waals surface area contributed by atoms with Gasteiger partial charge < -0.3 is 21.7 Å². The van der Waals surface area contributed by atoms with Crippen molar-refractivity contribution in [2.45, 2.75) is 64.6 Å². The Kier molecular flexibility index (Phi) is 5.02. The lowest BCUT2D eigenvalue weighted by atomic mass is 9.79. The van der Waals surface area contributed by atoms with Crippen LogP contribution in [0.3, 0.4) is 0 Å². The molecule has 7 heteroatoms. The first-order chi connectivity index (χ1) is 14.1. The van der Waals surface area contributed by atoms with E-state index in [2.05, 4.69) is 64.7 Å². The van der Waals surface area contributed by atoms with Gasteiger partial charge in [-0.3, -0.25) is 4.98 Å². The van der Waals surface area contributed by atoms with Gasteiger partial charge in [0.05, 0.1) is 5.52 Å². The van der Waals surface area contributed by atoms with Gasteiger partial charge in [0.1, 0.15) is 12.0 Å². The predicted molar refractivity (Wildman–Crippen MR) is 124 cm³/mol. The standard InChI is InChI=1S/C23H31N7/c1-14-9-10-16-17(27-14)7-6-8-18(16)29-21-19(24)20(25-13-26-21)28-15-11-22(2,3)30-23(4,5)12-15/h6-10,13,15,30H,11-12,24H2,1-5H3,(H2,25,26,28,29). The van der Waals surface area contributed by atoms with Gasteiger partial charge in [-0.2, -0.15) is 0 Å². The van der Waals surface area contributed by atoms with Crippen LogP contribution in [-0.2, 0) is 0 Å². The van der Waals surface area contributed by atoms with Gasteiger partial charge in [0.2, 0.25) is 0 Å². The third-order valence-electron chi connectivity index (χ3n) is 5.54. The number of benzene rings is 1. The van der Waals surface area contributed by atoms with Crippen molar-refractivity contribution in [3.8, 4) is 0 Å². The van der Waals surface area contributed by atoms with Crippen LogP contribution in [0.25, 0.3) is 10.9 Å². The number of anilines is 4. The van der Waals surface area contributed by atoms with E-state index >= 15 is 0 Å². The second-order valence-electron chi connectivity index (χ2n) is 9.58. The Labute approximate surface area is 177 Å². The van der Waals surface area contributed by atoms with Crippen molar-refractivity contribution >= 4 is 33.9 Å². The van der Waals surface area contributed by atoms with Crippen LogP contribution in [-0.4, -0.2) is 32.1 Å². The summed E-state index contributed by atoms with van der Waals surface area (Å²) in [5, 5.41) is 11.7. The maximum Gasteiger partial charge on any atom is 0.159 e. The van der Waals surface area contributed by atoms with Crippen molar-refractivity contribution in [2.75, 3.05) is 16.4 Å². The molecule has 4 rings (SSSR count). The van der Waals surface area contributed by atoms with Crippen LogP contribution >= 0.6 is 0 Å². The maximum absolute atomic E-state index is 6.47. The van der Waals surface area contributed by atoms with Gasteiger partial charge in [0.15, 0.2) is 11.6 Å². The number of pyridine rings is 1. The first-order valence-electron chi connectivity index (χ1n) is 10.4. The fourth-order valence-corrected chi connectivity index (χ4v) is 4.72. The number of aryl methyl sites for hydroxylation is 1. The number of fused-ring (bicyclic) bond motifs is 1. The predicted octanol–water partition coefficient (Wildman–Crippen LogP) is 4.38. The number of nitrogens with one attached hydrogen (secondary N) is 3. The zero-order valence-electron chi connectivity index (χ0n) is 18.4. The number of hydrogen-bond donors (Lipinski definition) is 4. The van der Waals surface area contributed by atoms with Gasteiger partial charge in [-0.05, 0) is 71.7 Å². The Bertz CT molecular complexity index is 1060. The highest BCUT2D eigenvalue weighted by Crippen LogP contribution is 2.33. The van der Waals surface area contributed by atoms with Crippen molar-refractivity contribution in [1.29, 1.82) is 0 Å². The molecule has 0 unspecified atom stereocenters.